The predicted molar refractivity (Wildman–Crippen MR) is 68.4 cm³/mol. The van der Waals surface area contributed by atoms with Gasteiger partial charge in [-0.2, -0.15) is 0 Å². The number of halogens is 3. The first-order valence-corrected chi connectivity index (χ1v) is 7.56. The molecule has 0 spiro atoms. The first-order chi connectivity index (χ1) is 9.70. The quantitative estimate of drug-likeness (QED) is 0.840. The summed E-state index contributed by atoms with van der Waals surface area (Å²) in [5.41, 5.74) is -0.781. The number of carboxylic acids is 1. The van der Waals surface area contributed by atoms with Gasteiger partial charge in [0.05, 0.1) is 10.6 Å². The molecule has 0 fully saturated rings. The van der Waals surface area contributed by atoms with Crippen molar-refractivity contribution in [3.8, 4) is 0 Å². The first-order valence-electron chi connectivity index (χ1n) is 5.20. The van der Waals surface area contributed by atoms with Gasteiger partial charge in [0.1, 0.15) is 10.7 Å². The van der Waals surface area contributed by atoms with Crippen molar-refractivity contribution >= 4 is 33.0 Å². The Labute approximate surface area is 120 Å². The van der Waals surface area contributed by atoms with Crippen LogP contribution in [0.15, 0.2) is 28.5 Å². The van der Waals surface area contributed by atoms with E-state index in [2.05, 4.69) is 0 Å². The minimum absolute atomic E-state index is 0.198. The zero-order valence-electron chi connectivity index (χ0n) is 9.93. The Kier molecular flexibility index (Phi) is 3.92. The number of hydrogen-bond donors (Lipinski definition) is 2. The number of carboxylic acid groups (broad SMARTS) is 1. The SMILES string of the molecule is O=C(O)c1cc(S(=O)(=O)Nc2cc(F)c(F)cc2F)cs1. The fourth-order valence-electron chi connectivity index (χ4n) is 1.38. The van der Waals surface area contributed by atoms with E-state index in [9.17, 15) is 26.4 Å². The number of thiophene rings is 1. The third-order valence-electron chi connectivity index (χ3n) is 2.35. The number of anilines is 1. The lowest BCUT2D eigenvalue weighted by Crippen LogP contribution is -2.14. The molecule has 0 unspecified atom stereocenters. The molecule has 0 aliphatic rings. The van der Waals surface area contributed by atoms with Gasteiger partial charge in [0.2, 0.25) is 0 Å². The molecule has 0 saturated carbocycles. The molecule has 21 heavy (non-hydrogen) atoms. The third-order valence-corrected chi connectivity index (χ3v) is 4.76. The molecule has 0 aliphatic heterocycles. The smallest absolute Gasteiger partial charge is 0.345 e. The molecule has 2 rings (SSSR count). The second-order valence-electron chi connectivity index (χ2n) is 3.80. The van der Waals surface area contributed by atoms with Crippen LogP contribution in [0.3, 0.4) is 0 Å². The van der Waals surface area contributed by atoms with Crippen LogP contribution in [0, 0.1) is 17.5 Å². The molecule has 0 atom stereocenters. The molecular formula is C11H6F3NO4S2. The number of carbonyl (C=O) groups is 1. The highest BCUT2D eigenvalue weighted by Crippen LogP contribution is 2.24. The van der Waals surface area contributed by atoms with Gasteiger partial charge in [0.25, 0.3) is 10.0 Å². The highest BCUT2D eigenvalue weighted by Gasteiger charge is 2.21. The number of aromatic carboxylic acids is 1. The van der Waals surface area contributed by atoms with Gasteiger partial charge >= 0.3 is 5.97 Å². The van der Waals surface area contributed by atoms with Gasteiger partial charge in [0.15, 0.2) is 11.6 Å². The maximum atomic E-state index is 13.4. The lowest BCUT2D eigenvalue weighted by Gasteiger charge is -2.08. The van der Waals surface area contributed by atoms with Crippen LogP contribution in [0.5, 0.6) is 0 Å². The minimum atomic E-state index is -4.31. The van der Waals surface area contributed by atoms with E-state index >= 15 is 0 Å². The maximum Gasteiger partial charge on any atom is 0.345 e. The van der Waals surface area contributed by atoms with Crippen molar-refractivity contribution in [2.45, 2.75) is 4.90 Å². The van der Waals surface area contributed by atoms with Crippen LogP contribution in [0.25, 0.3) is 0 Å². The molecule has 10 heteroatoms. The number of benzene rings is 1. The van der Waals surface area contributed by atoms with Crippen molar-refractivity contribution in [1.82, 2.24) is 0 Å². The van der Waals surface area contributed by atoms with Gasteiger partial charge < -0.3 is 5.11 Å². The Bertz CT molecular complexity index is 817. The monoisotopic (exact) mass is 337 g/mol. The van der Waals surface area contributed by atoms with E-state index in [1.807, 2.05) is 0 Å². The van der Waals surface area contributed by atoms with Crippen molar-refractivity contribution in [1.29, 1.82) is 0 Å². The van der Waals surface area contributed by atoms with E-state index < -0.39 is 44.0 Å². The Morgan fingerprint density at radius 1 is 1.10 bits per heavy atom. The summed E-state index contributed by atoms with van der Waals surface area (Å²) in [6, 6.07) is 1.42. The first kappa shape index (κ1) is 15.3. The molecule has 1 heterocycles. The molecule has 0 saturated heterocycles. The topological polar surface area (TPSA) is 83.5 Å². The van der Waals surface area contributed by atoms with Crippen molar-refractivity contribution in [2.75, 3.05) is 4.72 Å². The Morgan fingerprint density at radius 2 is 1.71 bits per heavy atom. The number of hydrogen-bond acceptors (Lipinski definition) is 4. The molecule has 2 N–H and O–H groups in total. The lowest BCUT2D eigenvalue weighted by atomic mass is 10.3. The fraction of sp³-hybridized carbons (Fsp3) is 0. The van der Waals surface area contributed by atoms with E-state index in [0.717, 1.165) is 11.4 Å². The molecule has 0 aliphatic carbocycles. The second kappa shape index (κ2) is 5.37. The molecule has 2 aromatic rings. The number of nitrogens with one attached hydrogen (secondary N) is 1. The van der Waals surface area contributed by atoms with Crippen LogP contribution in [-0.4, -0.2) is 19.5 Å². The predicted octanol–water partition coefficient (Wildman–Crippen LogP) is 2.66. The molecule has 1 aromatic heterocycles. The highest BCUT2D eigenvalue weighted by atomic mass is 32.2. The van der Waals surface area contributed by atoms with Crippen LogP contribution in [0.1, 0.15) is 9.67 Å². The molecule has 0 bridgehead atoms. The van der Waals surface area contributed by atoms with Gasteiger partial charge in [-0.15, -0.1) is 11.3 Å². The Balaban J connectivity index is 2.37. The van der Waals surface area contributed by atoms with Crippen LogP contribution in [0.4, 0.5) is 18.9 Å². The molecule has 1 aromatic carbocycles. The van der Waals surface area contributed by atoms with E-state index in [4.69, 9.17) is 5.11 Å². The summed E-state index contributed by atoms with van der Waals surface area (Å²) < 4.78 is 64.7. The largest absolute Gasteiger partial charge is 0.477 e. The second-order valence-corrected chi connectivity index (χ2v) is 6.40. The maximum absolute atomic E-state index is 13.4. The van der Waals surface area contributed by atoms with Crippen LogP contribution in [0.2, 0.25) is 0 Å². The van der Waals surface area contributed by atoms with Crippen LogP contribution < -0.4 is 4.72 Å². The summed E-state index contributed by atoms with van der Waals surface area (Å²) >= 11 is 0.658. The van der Waals surface area contributed by atoms with Gasteiger partial charge in [-0.05, 0) is 6.07 Å². The summed E-state index contributed by atoms with van der Waals surface area (Å²) in [7, 11) is -4.31. The number of rotatable bonds is 4. The summed E-state index contributed by atoms with van der Waals surface area (Å²) in [5.74, 6) is -5.50. The normalized spacial score (nSPS) is 11.4. The summed E-state index contributed by atoms with van der Waals surface area (Å²) in [4.78, 5) is 10.0. The summed E-state index contributed by atoms with van der Waals surface area (Å²) in [5, 5.41) is 9.74. The van der Waals surface area contributed by atoms with Gasteiger partial charge in [-0.1, -0.05) is 0 Å². The van der Waals surface area contributed by atoms with Crippen LogP contribution in [-0.2, 0) is 10.0 Å². The van der Waals surface area contributed by atoms with E-state index in [1.165, 1.54) is 0 Å². The standard InChI is InChI=1S/C11H6F3NO4S2/c12-6-2-8(14)9(3-7(6)13)15-21(18,19)5-1-10(11(16)17)20-4-5/h1-4,15H,(H,16,17). The van der Waals surface area contributed by atoms with Gasteiger partial charge in [-0.25, -0.2) is 26.4 Å². The molecule has 112 valence electrons. The molecule has 0 radical (unpaired) electrons. The Hall–Kier alpha value is -2.07. The lowest BCUT2D eigenvalue weighted by molar-refractivity contribution is 0.0702. The Morgan fingerprint density at radius 3 is 2.29 bits per heavy atom. The van der Waals surface area contributed by atoms with Crippen LogP contribution >= 0.6 is 11.3 Å². The van der Waals surface area contributed by atoms with E-state index in [1.54, 1.807) is 4.72 Å². The third kappa shape index (κ3) is 3.16. The zero-order valence-corrected chi connectivity index (χ0v) is 11.6. The molecule has 0 amide bonds. The van der Waals surface area contributed by atoms with Crippen molar-refractivity contribution < 1.29 is 31.5 Å². The number of sulfonamides is 1. The summed E-state index contributed by atoms with van der Waals surface area (Å²) in [6.45, 7) is 0. The average Bonchev–Trinajstić information content (AvgIpc) is 2.86. The van der Waals surface area contributed by atoms with Gasteiger partial charge in [0, 0.05) is 17.5 Å². The minimum Gasteiger partial charge on any atom is -0.477 e. The van der Waals surface area contributed by atoms with Crippen molar-refractivity contribution in [3.63, 3.8) is 0 Å². The molecular weight excluding hydrogens is 331 g/mol. The molecule has 5 nitrogen and oxygen atoms in total. The van der Waals surface area contributed by atoms with E-state index in [0.29, 0.717) is 17.4 Å². The zero-order chi connectivity index (χ0) is 15.8. The van der Waals surface area contributed by atoms with Gasteiger partial charge in [-0.3, -0.25) is 4.72 Å². The average molecular weight is 337 g/mol. The van der Waals surface area contributed by atoms with Crippen molar-refractivity contribution in [2.24, 2.45) is 0 Å². The fourth-order valence-corrected chi connectivity index (χ4v) is 3.55. The van der Waals surface area contributed by atoms with Crippen molar-refractivity contribution in [3.05, 3.63) is 45.9 Å². The van der Waals surface area contributed by atoms with E-state index in [-0.39, 0.29) is 10.9 Å². The summed E-state index contributed by atoms with van der Waals surface area (Å²) in [6.07, 6.45) is 0. The highest BCUT2D eigenvalue weighted by molar-refractivity contribution is 7.92.